The molecule has 0 saturated heterocycles. The summed E-state index contributed by atoms with van der Waals surface area (Å²) in [5.41, 5.74) is 4.21. The molecule has 4 aromatic rings. The van der Waals surface area contributed by atoms with Crippen LogP contribution in [0.3, 0.4) is 0 Å². The fraction of sp³-hybridized carbons (Fsp3) is 0.120. The maximum atomic E-state index is 14.1. The lowest BCUT2D eigenvalue weighted by molar-refractivity contribution is 0.0697. The number of nitrogens with one attached hydrogen (secondary N) is 1. The Labute approximate surface area is 184 Å². The average molecular weight is 431 g/mol. The molecule has 0 bridgehead atoms. The van der Waals surface area contributed by atoms with Crippen LogP contribution >= 0.6 is 0 Å². The smallest absolute Gasteiger partial charge is 0.337 e. The van der Waals surface area contributed by atoms with Gasteiger partial charge in [0.15, 0.2) is 0 Å². The summed E-state index contributed by atoms with van der Waals surface area (Å²) in [5, 5.41) is 17.7. The lowest BCUT2D eigenvalue weighted by Crippen LogP contribution is -2.08. The van der Waals surface area contributed by atoms with Gasteiger partial charge >= 0.3 is 5.97 Å². The van der Waals surface area contributed by atoms with E-state index in [2.05, 4.69) is 5.32 Å². The summed E-state index contributed by atoms with van der Waals surface area (Å²) in [7, 11) is 1.48. The molecule has 1 heterocycles. The van der Waals surface area contributed by atoms with Crippen LogP contribution in [-0.4, -0.2) is 28.0 Å². The number of halogens is 1. The summed E-state index contributed by atoms with van der Waals surface area (Å²) in [5.74, 6) is -0.499. The van der Waals surface area contributed by atoms with Crippen molar-refractivity contribution in [2.24, 2.45) is 0 Å². The molecule has 32 heavy (non-hydrogen) atoms. The van der Waals surface area contributed by atoms with Crippen LogP contribution in [0, 0.1) is 19.7 Å². The second-order valence-electron chi connectivity index (χ2n) is 7.36. The van der Waals surface area contributed by atoms with Gasteiger partial charge in [-0.3, -0.25) is 0 Å². The van der Waals surface area contributed by atoms with Gasteiger partial charge in [-0.05, 0) is 61.4 Å². The van der Waals surface area contributed by atoms with Crippen molar-refractivity contribution in [2.75, 3.05) is 12.4 Å². The van der Waals surface area contributed by atoms with E-state index in [1.165, 1.54) is 25.3 Å². The fourth-order valence-corrected chi connectivity index (χ4v) is 3.67. The Morgan fingerprint density at radius 1 is 1.06 bits per heavy atom. The molecule has 0 atom stereocenters. The SMILES string of the molecule is COc1ccc(Nc2c(-c3cccc(F)c3)c(C)nn2-c2ccccc2C)c(C(=O)O)c1. The largest absolute Gasteiger partial charge is 0.497 e. The van der Waals surface area contributed by atoms with Gasteiger partial charge in [0.1, 0.15) is 17.4 Å². The lowest BCUT2D eigenvalue weighted by atomic mass is 10.0. The first-order chi connectivity index (χ1) is 15.4. The highest BCUT2D eigenvalue weighted by atomic mass is 19.1. The molecule has 0 radical (unpaired) electrons. The number of ether oxygens (including phenoxy) is 1. The fourth-order valence-electron chi connectivity index (χ4n) is 3.67. The molecule has 0 aliphatic heterocycles. The second-order valence-corrected chi connectivity index (χ2v) is 7.36. The number of benzene rings is 3. The van der Waals surface area contributed by atoms with Crippen molar-refractivity contribution in [2.45, 2.75) is 13.8 Å². The van der Waals surface area contributed by atoms with Crippen molar-refractivity contribution < 1.29 is 19.0 Å². The number of anilines is 2. The van der Waals surface area contributed by atoms with Gasteiger partial charge in [0.05, 0.1) is 29.7 Å². The summed E-state index contributed by atoms with van der Waals surface area (Å²) in [4.78, 5) is 11.9. The molecule has 6 nitrogen and oxygen atoms in total. The maximum absolute atomic E-state index is 14.1. The summed E-state index contributed by atoms with van der Waals surface area (Å²) in [6.07, 6.45) is 0. The van der Waals surface area contributed by atoms with Crippen LogP contribution in [0.5, 0.6) is 5.75 Å². The van der Waals surface area contributed by atoms with E-state index in [0.717, 1.165) is 11.3 Å². The zero-order chi connectivity index (χ0) is 22.8. The number of aryl methyl sites for hydroxylation is 2. The highest BCUT2D eigenvalue weighted by molar-refractivity contribution is 5.96. The van der Waals surface area contributed by atoms with Gasteiger partial charge < -0.3 is 15.2 Å². The monoisotopic (exact) mass is 431 g/mol. The van der Waals surface area contributed by atoms with Crippen molar-refractivity contribution in [3.63, 3.8) is 0 Å². The molecule has 7 heteroatoms. The molecular weight excluding hydrogens is 409 g/mol. The number of carbonyl (C=O) groups is 1. The molecule has 0 fully saturated rings. The lowest BCUT2D eigenvalue weighted by Gasteiger charge is -2.16. The number of nitrogens with zero attached hydrogens (tertiary/aromatic N) is 2. The quantitative estimate of drug-likeness (QED) is 0.407. The molecule has 2 N–H and O–H groups in total. The first-order valence-corrected chi connectivity index (χ1v) is 9.99. The number of hydrogen-bond donors (Lipinski definition) is 2. The summed E-state index contributed by atoms with van der Waals surface area (Å²) in [6.45, 7) is 3.81. The molecule has 4 rings (SSSR count). The summed E-state index contributed by atoms with van der Waals surface area (Å²) < 4.78 is 21.0. The van der Waals surface area contributed by atoms with Gasteiger partial charge in [-0.15, -0.1) is 0 Å². The van der Waals surface area contributed by atoms with Crippen LogP contribution in [0.4, 0.5) is 15.9 Å². The molecule has 0 spiro atoms. The van der Waals surface area contributed by atoms with Crippen LogP contribution in [0.15, 0.2) is 66.7 Å². The molecule has 3 aromatic carbocycles. The Hall–Kier alpha value is -4.13. The average Bonchev–Trinajstić information content (AvgIpc) is 3.09. The minimum absolute atomic E-state index is 0.0460. The first kappa shape index (κ1) is 21.1. The van der Waals surface area contributed by atoms with E-state index in [-0.39, 0.29) is 11.4 Å². The van der Waals surface area contributed by atoms with E-state index in [4.69, 9.17) is 9.84 Å². The molecule has 0 aliphatic rings. The minimum atomic E-state index is -1.10. The third kappa shape index (κ3) is 3.92. The predicted molar refractivity (Wildman–Crippen MR) is 122 cm³/mol. The molecule has 0 amide bonds. The normalized spacial score (nSPS) is 10.8. The second kappa shape index (κ2) is 8.55. The van der Waals surface area contributed by atoms with Crippen LogP contribution < -0.4 is 10.1 Å². The molecule has 1 aromatic heterocycles. The predicted octanol–water partition coefficient (Wildman–Crippen LogP) is 5.75. The molecule has 0 aliphatic carbocycles. The number of carboxylic acid groups (broad SMARTS) is 1. The maximum Gasteiger partial charge on any atom is 0.337 e. The van der Waals surface area contributed by atoms with Gasteiger partial charge in [-0.1, -0.05) is 30.3 Å². The number of rotatable bonds is 6. The first-order valence-electron chi connectivity index (χ1n) is 9.99. The Bertz CT molecular complexity index is 1310. The number of carboxylic acids is 1. The van der Waals surface area contributed by atoms with Gasteiger partial charge in [-0.2, -0.15) is 5.10 Å². The Morgan fingerprint density at radius 3 is 2.53 bits per heavy atom. The zero-order valence-corrected chi connectivity index (χ0v) is 17.9. The minimum Gasteiger partial charge on any atom is -0.497 e. The van der Waals surface area contributed by atoms with Crippen LogP contribution in [0.25, 0.3) is 16.8 Å². The van der Waals surface area contributed by atoms with E-state index in [1.807, 2.05) is 38.1 Å². The number of para-hydroxylation sites is 1. The van der Waals surface area contributed by atoms with E-state index in [1.54, 1.807) is 28.9 Å². The van der Waals surface area contributed by atoms with Gasteiger partial charge in [0, 0.05) is 5.56 Å². The van der Waals surface area contributed by atoms with E-state index >= 15 is 0 Å². The van der Waals surface area contributed by atoms with Crippen molar-refractivity contribution in [3.05, 3.63) is 89.4 Å². The topological polar surface area (TPSA) is 76.4 Å². The van der Waals surface area contributed by atoms with E-state index < -0.39 is 5.97 Å². The number of aromatic nitrogens is 2. The number of methoxy groups -OCH3 is 1. The van der Waals surface area contributed by atoms with Crippen molar-refractivity contribution in [1.82, 2.24) is 9.78 Å². The van der Waals surface area contributed by atoms with Crippen molar-refractivity contribution in [1.29, 1.82) is 0 Å². The van der Waals surface area contributed by atoms with E-state index in [0.29, 0.717) is 34.1 Å². The highest BCUT2D eigenvalue weighted by Crippen LogP contribution is 2.37. The molecule has 162 valence electrons. The summed E-state index contributed by atoms with van der Waals surface area (Å²) >= 11 is 0. The summed E-state index contributed by atoms with van der Waals surface area (Å²) in [6, 6.07) is 18.7. The Morgan fingerprint density at radius 2 is 1.84 bits per heavy atom. The molecule has 0 unspecified atom stereocenters. The Kier molecular flexibility index (Phi) is 5.64. The highest BCUT2D eigenvalue weighted by Gasteiger charge is 2.22. The van der Waals surface area contributed by atoms with Crippen LogP contribution in [0.2, 0.25) is 0 Å². The van der Waals surface area contributed by atoms with Gasteiger partial charge in [-0.25, -0.2) is 13.9 Å². The Balaban J connectivity index is 1.96. The van der Waals surface area contributed by atoms with Gasteiger partial charge in [0.2, 0.25) is 0 Å². The van der Waals surface area contributed by atoms with E-state index in [9.17, 15) is 14.3 Å². The number of aromatic carboxylic acids is 1. The molecule has 0 saturated carbocycles. The zero-order valence-electron chi connectivity index (χ0n) is 17.9. The molecular formula is C25H22FN3O3. The van der Waals surface area contributed by atoms with Crippen molar-refractivity contribution in [3.8, 4) is 22.6 Å². The standard InChI is InChI=1S/C25H22FN3O3/c1-15-7-4-5-10-22(15)29-24(23(16(2)28-29)17-8-6-9-18(26)13-17)27-21-12-11-19(32-3)14-20(21)25(30)31/h4-14,27H,1-3H3,(H,30,31). The van der Waals surface area contributed by atoms with Crippen molar-refractivity contribution >= 4 is 17.5 Å². The van der Waals surface area contributed by atoms with Crippen LogP contribution in [-0.2, 0) is 0 Å². The van der Waals surface area contributed by atoms with Gasteiger partial charge in [0.25, 0.3) is 0 Å². The third-order valence-electron chi connectivity index (χ3n) is 5.23. The van der Waals surface area contributed by atoms with Crippen LogP contribution in [0.1, 0.15) is 21.6 Å². The third-order valence-corrected chi connectivity index (χ3v) is 5.23. The number of hydrogen-bond acceptors (Lipinski definition) is 4.